The molecule has 3 rings (SSSR count). The second kappa shape index (κ2) is 8.14. The quantitative estimate of drug-likeness (QED) is 0.438. The van der Waals surface area contributed by atoms with Gasteiger partial charge in [-0.1, -0.05) is 23.8 Å². The Morgan fingerprint density at radius 3 is 2.38 bits per heavy atom. The molecule has 1 aromatic heterocycles. The van der Waals surface area contributed by atoms with Gasteiger partial charge >= 0.3 is 5.69 Å². The molecule has 1 aliphatic rings. The molecule has 0 aliphatic carbocycles. The maximum absolute atomic E-state index is 12.9. The summed E-state index contributed by atoms with van der Waals surface area (Å²) in [7, 11) is 0. The Labute approximate surface area is 169 Å². The number of aromatic nitrogens is 2. The van der Waals surface area contributed by atoms with Gasteiger partial charge in [0.1, 0.15) is 17.9 Å². The number of ketones is 1. The van der Waals surface area contributed by atoms with Gasteiger partial charge in [-0.15, -0.1) is 0 Å². The van der Waals surface area contributed by atoms with Crippen molar-refractivity contribution in [1.29, 1.82) is 0 Å². The molecule has 0 N–H and O–H groups in total. The lowest BCUT2D eigenvalue weighted by atomic mass is 9.87. The van der Waals surface area contributed by atoms with Gasteiger partial charge in [0.2, 0.25) is 5.91 Å². The van der Waals surface area contributed by atoms with Crippen LogP contribution in [0.15, 0.2) is 18.2 Å². The third-order valence-corrected chi connectivity index (χ3v) is 5.68. The molecule has 0 bridgehead atoms. The van der Waals surface area contributed by atoms with Gasteiger partial charge in [-0.25, -0.2) is 0 Å². The summed E-state index contributed by atoms with van der Waals surface area (Å²) in [5.41, 5.74) is 3.51. The van der Waals surface area contributed by atoms with Crippen molar-refractivity contribution in [3.63, 3.8) is 0 Å². The summed E-state index contributed by atoms with van der Waals surface area (Å²) in [6, 6.07) is 5.85. The number of nitro groups is 1. The summed E-state index contributed by atoms with van der Waals surface area (Å²) in [5.74, 6) is -0.0816. The fourth-order valence-electron chi connectivity index (χ4n) is 4.03. The van der Waals surface area contributed by atoms with E-state index in [0.717, 1.165) is 16.7 Å². The van der Waals surface area contributed by atoms with Crippen LogP contribution in [0, 0.1) is 43.7 Å². The molecule has 8 nitrogen and oxygen atoms in total. The Kier molecular flexibility index (Phi) is 5.81. The predicted octanol–water partition coefficient (Wildman–Crippen LogP) is 3.15. The first-order valence-corrected chi connectivity index (χ1v) is 9.76. The normalized spacial score (nSPS) is 14.8. The van der Waals surface area contributed by atoms with E-state index in [2.05, 4.69) is 5.10 Å². The van der Waals surface area contributed by atoms with E-state index in [1.807, 2.05) is 32.0 Å². The second-order valence-electron chi connectivity index (χ2n) is 7.77. The zero-order chi connectivity index (χ0) is 21.3. The molecule has 2 heterocycles. The van der Waals surface area contributed by atoms with E-state index in [-0.39, 0.29) is 29.8 Å². The van der Waals surface area contributed by atoms with E-state index >= 15 is 0 Å². The molecule has 1 aromatic carbocycles. The Hall–Kier alpha value is -3.03. The van der Waals surface area contributed by atoms with Gasteiger partial charge < -0.3 is 4.90 Å². The molecule has 29 heavy (non-hydrogen) atoms. The van der Waals surface area contributed by atoms with Crippen LogP contribution in [0.5, 0.6) is 0 Å². The summed E-state index contributed by atoms with van der Waals surface area (Å²) < 4.78 is 1.39. The largest absolute Gasteiger partial charge is 0.341 e. The lowest BCUT2D eigenvalue weighted by Gasteiger charge is -2.31. The molecule has 1 amide bonds. The first-order chi connectivity index (χ1) is 13.7. The number of amides is 1. The van der Waals surface area contributed by atoms with Crippen molar-refractivity contribution in [3.05, 3.63) is 56.4 Å². The molecule has 2 aromatic rings. The second-order valence-corrected chi connectivity index (χ2v) is 7.77. The number of rotatable bonds is 5. The molecule has 0 radical (unpaired) electrons. The SMILES string of the molecule is Cc1ccc(C(=O)C2CCN(C(=O)Cn3nc(C)c([N+](=O)[O-])c3C)CC2)c(C)c1. The number of piperidine rings is 1. The van der Waals surface area contributed by atoms with Crippen molar-refractivity contribution in [1.82, 2.24) is 14.7 Å². The molecule has 8 heteroatoms. The highest BCUT2D eigenvalue weighted by Gasteiger charge is 2.30. The third kappa shape index (κ3) is 4.21. The van der Waals surface area contributed by atoms with Crippen LogP contribution in [0.25, 0.3) is 0 Å². The van der Waals surface area contributed by atoms with E-state index in [9.17, 15) is 19.7 Å². The number of nitrogens with zero attached hydrogens (tertiary/aromatic N) is 4. The van der Waals surface area contributed by atoms with Crippen LogP contribution in [0.2, 0.25) is 0 Å². The van der Waals surface area contributed by atoms with Crippen molar-refractivity contribution in [3.8, 4) is 0 Å². The van der Waals surface area contributed by atoms with Crippen LogP contribution in [0.4, 0.5) is 5.69 Å². The van der Waals surface area contributed by atoms with E-state index in [0.29, 0.717) is 37.3 Å². The predicted molar refractivity (Wildman–Crippen MR) is 108 cm³/mol. The lowest BCUT2D eigenvalue weighted by Crippen LogP contribution is -2.42. The van der Waals surface area contributed by atoms with Gasteiger partial charge in [-0.3, -0.25) is 24.4 Å². The summed E-state index contributed by atoms with van der Waals surface area (Å²) >= 11 is 0. The molecule has 0 spiro atoms. The lowest BCUT2D eigenvalue weighted by molar-refractivity contribution is -0.386. The number of Topliss-reactive ketones (excluding diaryl/α,β-unsaturated/α-hetero) is 1. The first-order valence-electron chi connectivity index (χ1n) is 9.76. The molecule has 0 saturated carbocycles. The zero-order valence-electron chi connectivity index (χ0n) is 17.3. The molecule has 1 saturated heterocycles. The van der Waals surface area contributed by atoms with Crippen LogP contribution in [0.1, 0.15) is 45.7 Å². The third-order valence-electron chi connectivity index (χ3n) is 5.68. The van der Waals surface area contributed by atoms with Crippen molar-refractivity contribution in [2.24, 2.45) is 5.92 Å². The van der Waals surface area contributed by atoms with E-state index in [1.54, 1.807) is 18.7 Å². The molecule has 0 unspecified atom stereocenters. The van der Waals surface area contributed by atoms with Crippen molar-refractivity contribution in [2.75, 3.05) is 13.1 Å². The summed E-state index contributed by atoms with van der Waals surface area (Å²) in [6.07, 6.45) is 1.24. The van der Waals surface area contributed by atoms with Crippen LogP contribution in [-0.4, -0.2) is 44.4 Å². The number of aryl methyl sites for hydroxylation is 3. The van der Waals surface area contributed by atoms with Gasteiger partial charge in [-0.2, -0.15) is 5.10 Å². The minimum absolute atomic E-state index is 0.0316. The Bertz CT molecular complexity index is 971. The molecule has 0 atom stereocenters. The van der Waals surface area contributed by atoms with Gasteiger partial charge in [0.25, 0.3) is 0 Å². The number of hydrogen-bond acceptors (Lipinski definition) is 5. The summed E-state index contributed by atoms with van der Waals surface area (Å²) in [5, 5.41) is 15.3. The monoisotopic (exact) mass is 398 g/mol. The highest BCUT2D eigenvalue weighted by molar-refractivity contribution is 5.99. The number of benzene rings is 1. The standard InChI is InChI=1S/C21H26N4O4/c1-13-5-6-18(14(2)11-13)21(27)17-7-9-23(10-8-17)19(26)12-24-16(4)20(25(28)29)15(3)22-24/h5-6,11,17H,7-10,12H2,1-4H3. The minimum Gasteiger partial charge on any atom is -0.341 e. The molecule has 1 fully saturated rings. The topological polar surface area (TPSA) is 98.3 Å². The average Bonchev–Trinajstić information content (AvgIpc) is 2.94. The minimum atomic E-state index is -0.469. The van der Waals surface area contributed by atoms with Gasteiger partial charge in [-0.05, 0) is 46.1 Å². The fourth-order valence-corrected chi connectivity index (χ4v) is 4.03. The molecule has 154 valence electrons. The number of carbonyl (C=O) groups is 2. The summed E-state index contributed by atoms with van der Waals surface area (Å²) in [4.78, 5) is 37.9. The Balaban J connectivity index is 1.62. The Morgan fingerprint density at radius 2 is 1.83 bits per heavy atom. The number of carbonyl (C=O) groups excluding carboxylic acids is 2. The van der Waals surface area contributed by atoms with E-state index in [1.165, 1.54) is 4.68 Å². The van der Waals surface area contributed by atoms with Gasteiger partial charge in [0.15, 0.2) is 5.78 Å². The van der Waals surface area contributed by atoms with E-state index in [4.69, 9.17) is 0 Å². The van der Waals surface area contributed by atoms with Crippen molar-refractivity contribution < 1.29 is 14.5 Å². The average molecular weight is 398 g/mol. The fraction of sp³-hybridized carbons (Fsp3) is 0.476. The van der Waals surface area contributed by atoms with Crippen LogP contribution < -0.4 is 0 Å². The molecular weight excluding hydrogens is 372 g/mol. The Morgan fingerprint density at radius 1 is 1.17 bits per heavy atom. The van der Waals surface area contributed by atoms with Gasteiger partial charge in [0, 0.05) is 24.6 Å². The van der Waals surface area contributed by atoms with Crippen molar-refractivity contribution >= 4 is 17.4 Å². The van der Waals surface area contributed by atoms with Gasteiger partial charge in [0.05, 0.1) is 4.92 Å². The molecule has 1 aliphatic heterocycles. The van der Waals surface area contributed by atoms with Crippen LogP contribution in [-0.2, 0) is 11.3 Å². The summed E-state index contributed by atoms with van der Waals surface area (Å²) in [6.45, 7) is 8.09. The zero-order valence-corrected chi connectivity index (χ0v) is 17.3. The highest BCUT2D eigenvalue weighted by Crippen LogP contribution is 2.25. The maximum atomic E-state index is 12.9. The highest BCUT2D eigenvalue weighted by atomic mass is 16.6. The number of hydrogen-bond donors (Lipinski definition) is 0. The van der Waals surface area contributed by atoms with Crippen molar-refractivity contribution in [2.45, 2.75) is 47.1 Å². The smallest absolute Gasteiger partial charge is 0.312 e. The first kappa shape index (κ1) is 20.7. The molecular formula is C21H26N4O4. The van der Waals surface area contributed by atoms with Crippen LogP contribution >= 0.6 is 0 Å². The maximum Gasteiger partial charge on any atom is 0.312 e. The van der Waals surface area contributed by atoms with Crippen LogP contribution in [0.3, 0.4) is 0 Å². The van der Waals surface area contributed by atoms with E-state index < -0.39 is 4.92 Å². The number of likely N-dealkylation sites (tertiary alicyclic amines) is 1.